The highest BCUT2D eigenvalue weighted by Crippen LogP contribution is 2.28. The number of amides is 1. The van der Waals surface area contributed by atoms with E-state index in [1.54, 1.807) is 0 Å². The number of benzene rings is 3. The molecule has 5 rings (SSSR count). The van der Waals surface area contributed by atoms with Crippen molar-refractivity contribution in [2.24, 2.45) is 0 Å². The highest BCUT2D eigenvalue weighted by Gasteiger charge is 2.21. The van der Waals surface area contributed by atoms with E-state index >= 15 is 0 Å². The molecular weight excluding hydrogens is 422 g/mol. The van der Waals surface area contributed by atoms with Gasteiger partial charge in [0.15, 0.2) is 5.82 Å². The van der Waals surface area contributed by atoms with Crippen LogP contribution in [0.5, 0.6) is 0 Å². The number of nitrogens with one attached hydrogen (secondary N) is 1. The van der Waals surface area contributed by atoms with Crippen LogP contribution in [0.15, 0.2) is 78.9 Å². The lowest BCUT2D eigenvalue weighted by Crippen LogP contribution is -2.47. The molecule has 1 amide bonds. The number of carbonyl (C=O) groups is 1. The molecule has 1 aliphatic rings. The molecule has 0 radical (unpaired) electrons. The Labute approximate surface area is 200 Å². The largest absolute Gasteiger partial charge is 0.368 e. The van der Waals surface area contributed by atoms with Gasteiger partial charge in [-0.1, -0.05) is 66.7 Å². The topological polar surface area (TPSA) is 61.4 Å². The van der Waals surface area contributed by atoms with Crippen LogP contribution in [-0.2, 0) is 17.8 Å². The third-order valence-corrected chi connectivity index (χ3v) is 6.38. The number of hydrogen-bond acceptors (Lipinski definition) is 5. The number of fused-ring (bicyclic) bond motifs is 1. The van der Waals surface area contributed by atoms with Gasteiger partial charge in [-0.15, -0.1) is 5.10 Å². The first-order valence-corrected chi connectivity index (χ1v) is 11.8. The number of nitrogens with zero attached hydrogens (tertiary/aromatic N) is 4. The SMILES string of the molecule is CC(=O)NCc1ccc(N2CCN(c3nnc(Cc4ccccc4)c4ccccc34)CC2)cc1. The van der Waals surface area contributed by atoms with Gasteiger partial charge in [0.2, 0.25) is 5.91 Å². The zero-order valence-corrected chi connectivity index (χ0v) is 19.4. The number of rotatable bonds is 6. The molecule has 1 fully saturated rings. The molecule has 4 aromatic rings. The van der Waals surface area contributed by atoms with Crippen LogP contribution in [-0.4, -0.2) is 42.3 Å². The van der Waals surface area contributed by atoms with Crippen LogP contribution in [0.2, 0.25) is 0 Å². The lowest BCUT2D eigenvalue weighted by Gasteiger charge is -2.37. The first kappa shape index (κ1) is 21.9. The molecule has 6 nitrogen and oxygen atoms in total. The van der Waals surface area contributed by atoms with Gasteiger partial charge in [-0.05, 0) is 23.3 Å². The van der Waals surface area contributed by atoms with E-state index in [9.17, 15) is 4.79 Å². The molecule has 0 bridgehead atoms. The number of anilines is 2. The van der Waals surface area contributed by atoms with Crippen molar-refractivity contribution in [3.63, 3.8) is 0 Å². The zero-order chi connectivity index (χ0) is 23.3. The Morgan fingerprint density at radius 1 is 0.765 bits per heavy atom. The summed E-state index contributed by atoms with van der Waals surface area (Å²) in [5.74, 6) is 0.960. The Morgan fingerprint density at radius 3 is 2.12 bits per heavy atom. The third-order valence-electron chi connectivity index (χ3n) is 6.38. The predicted octanol–water partition coefficient (Wildman–Crippen LogP) is 4.18. The van der Waals surface area contributed by atoms with Crippen molar-refractivity contribution in [2.45, 2.75) is 19.9 Å². The van der Waals surface area contributed by atoms with Crippen LogP contribution in [0.25, 0.3) is 10.8 Å². The smallest absolute Gasteiger partial charge is 0.217 e. The highest BCUT2D eigenvalue weighted by molar-refractivity contribution is 5.93. The first-order chi connectivity index (χ1) is 16.7. The van der Waals surface area contributed by atoms with Gasteiger partial charge in [0.25, 0.3) is 0 Å². The predicted molar refractivity (Wildman–Crippen MR) is 137 cm³/mol. The first-order valence-electron chi connectivity index (χ1n) is 11.8. The minimum absolute atomic E-state index is 0.0103. The Balaban J connectivity index is 1.29. The van der Waals surface area contributed by atoms with Crippen molar-refractivity contribution in [1.29, 1.82) is 0 Å². The number of carbonyl (C=O) groups excluding carboxylic acids is 1. The van der Waals surface area contributed by atoms with Crippen molar-refractivity contribution in [1.82, 2.24) is 15.5 Å². The fraction of sp³-hybridized carbons (Fsp3) is 0.250. The lowest BCUT2D eigenvalue weighted by molar-refractivity contribution is -0.119. The van der Waals surface area contributed by atoms with Crippen molar-refractivity contribution >= 4 is 28.2 Å². The number of aromatic nitrogens is 2. The number of hydrogen-bond donors (Lipinski definition) is 1. The van der Waals surface area contributed by atoms with Gasteiger partial charge >= 0.3 is 0 Å². The van der Waals surface area contributed by atoms with E-state index in [4.69, 9.17) is 5.10 Å². The summed E-state index contributed by atoms with van der Waals surface area (Å²) in [4.78, 5) is 15.9. The molecule has 3 aromatic carbocycles. The number of piperazine rings is 1. The van der Waals surface area contributed by atoms with Gasteiger partial charge in [0, 0.05) is 62.5 Å². The molecule has 1 saturated heterocycles. The Morgan fingerprint density at radius 2 is 1.41 bits per heavy atom. The summed E-state index contributed by atoms with van der Waals surface area (Å²) >= 11 is 0. The van der Waals surface area contributed by atoms with E-state index in [1.165, 1.54) is 28.9 Å². The fourth-order valence-electron chi connectivity index (χ4n) is 4.53. The average Bonchev–Trinajstić information content (AvgIpc) is 2.89. The molecule has 1 N–H and O–H groups in total. The summed E-state index contributed by atoms with van der Waals surface area (Å²) in [5, 5.41) is 14.5. The molecule has 1 aromatic heterocycles. The van der Waals surface area contributed by atoms with Gasteiger partial charge in [0.05, 0.1) is 5.69 Å². The highest BCUT2D eigenvalue weighted by atomic mass is 16.1. The molecule has 0 aliphatic carbocycles. The van der Waals surface area contributed by atoms with Crippen LogP contribution >= 0.6 is 0 Å². The van der Waals surface area contributed by atoms with Gasteiger partial charge < -0.3 is 15.1 Å². The van der Waals surface area contributed by atoms with Gasteiger partial charge in [-0.25, -0.2) is 0 Å². The summed E-state index contributed by atoms with van der Waals surface area (Å²) < 4.78 is 0. The Bertz CT molecular complexity index is 1270. The van der Waals surface area contributed by atoms with E-state index < -0.39 is 0 Å². The van der Waals surface area contributed by atoms with Crippen molar-refractivity contribution in [3.8, 4) is 0 Å². The van der Waals surface area contributed by atoms with Crippen molar-refractivity contribution in [3.05, 3.63) is 95.7 Å². The molecule has 0 atom stereocenters. The van der Waals surface area contributed by atoms with E-state index in [-0.39, 0.29) is 5.91 Å². The summed E-state index contributed by atoms with van der Waals surface area (Å²) in [6.45, 7) is 5.74. The molecule has 172 valence electrons. The van der Waals surface area contributed by atoms with Crippen molar-refractivity contribution < 1.29 is 4.79 Å². The second kappa shape index (κ2) is 9.91. The Kier molecular flexibility index (Phi) is 6.38. The summed E-state index contributed by atoms with van der Waals surface area (Å²) in [6.07, 6.45) is 0.778. The quantitative estimate of drug-likeness (QED) is 0.477. The van der Waals surface area contributed by atoms with E-state index in [2.05, 4.69) is 93.0 Å². The summed E-state index contributed by atoms with van der Waals surface area (Å²) in [6, 6.07) is 27.4. The second-order valence-electron chi connectivity index (χ2n) is 8.73. The van der Waals surface area contributed by atoms with Crippen LogP contribution in [0, 0.1) is 0 Å². The maximum absolute atomic E-state index is 11.1. The second-order valence-corrected chi connectivity index (χ2v) is 8.73. The monoisotopic (exact) mass is 451 g/mol. The summed E-state index contributed by atoms with van der Waals surface area (Å²) in [7, 11) is 0. The van der Waals surface area contributed by atoms with Crippen LogP contribution in [0.3, 0.4) is 0 Å². The van der Waals surface area contributed by atoms with Crippen LogP contribution < -0.4 is 15.1 Å². The minimum Gasteiger partial charge on any atom is -0.368 e. The zero-order valence-electron chi connectivity index (χ0n) is 19.4. The van der Waals surface area contributed by atoms with Crippen molar-refractivity contribution in [2.75, 3.05) is 36.0 Å². The molecular formula is C28H29N5O. The van der Waals surface area contributed by atoms with Gasteiger partial charge in [-0.2, -0.15) is 5.10 Å². The van der Waals surface area contributed by atoms with Crippen LogP contribution in [0.1, 0.15) is 23.7 Å². The molecule has 1 aliphatic heterocycles. The molecule has 0 spiro atoms. The third kappa shape index (κ3) is 4.86. The minimum atomic E-state index is -0.0103. The fourth-order valence-corrected chi connectivity index (χ4v) is 4.53. The molecule has 2 heterocycles. The van der Waals surface area contributed by atoms with Crippen LogP contribution in [0.4, 0.5) is 11.5 Å². The normalized spacial score (nSPS) is 13.8. The molecule has 34 heavy (non-hydrogen) atoms. The van der Waals surface area contributed by atoms with E-state index in [0.29, 0.717) is 6.54 Å². The molecule has 6 heteroatoms. The molecule has 0 unspecified atom stereocenters. The van der Waals surface area contributed by atoms with E-state index in [0.717, 1.165) is 49.7 Å². The van der Waals surface area contributed by atoms with E-state index in [1.807, 2.05) is 6.07 Å². The maximum Gasteiger partial charge on any atom is 0.217 e. The summed E-state index contributed by atoms with van der Waals surface area (Å²) in [5.41, 5.74) is 4.57. The average molecular weight is 452 g/mol. The van der Waals surface area contributed by atoms with Gasteiger partial charge in [-0.3, -0.25) is 4.79 Å². The maximum atomic E-state index is 11.1. The standard InChI is InChI=1S/C28H29N5O/c1-21(34)29-20-23-11-13-24(14-12-23)32-15-17-33(18-16-32)28-26-10-6-5-9-25(26)27(30-31-28)19-22-7-3-2-4-8-22/h2-14H,15-20H2,1H3,(H,29,34). The van der Waals surface area contributed by atoms with Gasteiger partial charge in [0.1, 0.15) is 0 Å². The Hall–Kier alpha value is -3.93. The lowest BCUT2D eigenvalue weighted by atomic mass is 10.0. The molecule has 0 saturated carbocycles.